The van der Waals surface area contributed by atoms with Crippen molar-refractivity contribution in [2.45, 2.75) is 26.7 Å². The van der Waals surface area contributed by atoms with Gasteiger partial charge in [0.1, 0.15) is 0 Å². The van der Waals surface area contributed by atoms with Crippen molar-refractivity contribution in [3.05, 3.63) is 39.2 Å². The molecule has 0 amide bonds. The lowest BCUT2D eigenvalue weighted by Gasteiger charge is -1.99. The van der Waals surface area contributed by atoms with Crippen LogP contribution < -0.4 is 0 Å². The van der Waals surface area contributed by atoms with Crippen molar-refractivity contribution in [3.8, 4) is 11.3 Å². The number of rotatable bonds is 2. The van der Waals surface area contributed by atoms with E-state index in [0.29, 0.717) is 5.92 Å². The third-order valence-electron chi connectivity index (χ3n) is 2.41. The van der Waals surface area contributed by atoms with Crippen molar-refractivity contribution < 1.29 is 0 Å². The molecule has 0 saturated carbocycles. The summed E-state index contributed by atoms with van der Waals surface area (Å²) in [5.41, 5.74) is 2.17. The number of aromatic nitrogens is 1. The van der Waals surface area contributed by atoms with E-state index in [9.17, 15) is 0 Å². The molecule has 0 fully saturated rings. The highest BCUT2D eigenvalue weighted by Gasteiger charge is 2.11. The molecular formula is C13H14ClNS. The normalized spacial score (nSPS) is 11.1. The van der Waals surface area contributed by atoms with Gasteiger partial charge in [0.25, 0.3) is 0 Å². The number of aryl methyl sites for hydroxylation is 1. The molecule has 0 atom stereocenters. The van der Waals surface area contributed by atoms with E-state index < -0.39 is 0 Å². The van der Waals surface area contributed by atoms with E-state index in [1.807, 2.05) is 18.2 Å². The predicted molar refractivity (Wildman–Crippen MR) is 71.4 cm³/mol. The lowest BCUT2D eigenvalue weighted by atomic mass is 10.1. The number of benzene rings is 1. The molecule has 16 heavy (non-hydrogen) atoms. The average Bonchev–Trinajstić information content (AvgIpc) is 2.60. The van der Waals surface area contributed by atoms with Gasteiger partial charge in [0.05, 0.1) is 10.7 Å². The number of thiazole rings is 1. The van der Waals surface area contributed by atoms with E-state index in [1.54, 1.807) is 11.3 Å². The van der Waals surface area contributed by atoms with Crippen LogP contribution in [-0.2, 0) is 0 Å². The first kappa shape index (κ1) is 11.6. The van der Waals surface area contributed by atoms with Gasteiger partial charge in [0, 0.05) is 21.4 Å². The molecule has 0 unspecified atom stereocenters. The molecule has 0 aliphatic heterocycles. The molecule has 0 aliphatic carbocycles. The largest absolute Gasteiger partial charge is 0.241 e. The van der Waals surface area contributed by atoms with Crippen LogP contribution in [0.1, 0.15) is 29.7 Å². The van der Waals surface area contributed by atoms with E-state index >= 15 is 0 Å². The number of nitrogens with zero attached hydrogens (tertiary/aromatic N) is 1. The Morgan fingerprint density at radius 2 is 2.06 bits per heavy atom. The van der Waals surface area contributed by atoms with Crippen LogP contribution in [0, 0.1) is 6.92 Å². The summed E-state index contributed by atoms with van der Waals surface area (Å²) >= 11 is 7.76. The van der Waals surface area contributed by atoms with E-state index in [-0.39, 0.29) is 0 Å². The maximum absolute atomic E-state index is 5.99. The molecule has 2 rings (SSSR count). The van der Waals surface area contributed by atoms with Gasteiger partial charge >= 0.3 is 0 Å². The minimum Gasteiger partial charge on any atom is -0.241 e. The van der Waals surface area contributed by atoms with Gasteiger partial charge in [-0.15, -0.1) is 11.3 Å². The predicted octanol–water partition coefficient (Wildman–Crippen LogP) is 4.90. The van der Waals surface area contributed by atoms with Crippen molar-refractivity contribution in [1.82, 2.24) is 4.98 Å². The Morgan fingerprint density at radius 1 is 1.31 bits per heavy atom. The van der Waals surface area contributed by atoms with Crippen LogP contribution >= 0.6 is 22.9 Å². The van der Waals surface area contributed by atoms with Crippen LogP contribution in [-0.4, -0.2) is 4.98 Å². The fourth-order valence-corrected chi connectivity index (χ4v) is 2.70. The van der Waals surface area contributed by atoms with Gasteiger partial charge in [-0.25, -0.2) is 4.98 Å². The Balaban J connectivity index is 2.48. The second-order valence-corrected chi connectivity index (χ2v) is 5.79. The van der Waals surface area contributed by atoms with Gasteiger partial charge in [-0.2, -0.15) is 0 Å². The van der Waals surface area contributed by atoms with E-state index in [2.05, 4.69) is 31.8 Å². The minimum atomic E-state index is 0.483. The maximum atomic E-state index is 5.99. The zero-order valence-electron chi connectivity index (χ0n) is 9.62. The first-order chi connectivity index (χ1) is 7.58. The third kappa shape index (κ3) is 2.28. The first-order valence-corrected chi connectivity index (χ1v) is 6.50. The lowest BCUT2D eigenvalue weighted by molar-refractivity contribution is 0.853. The van der Waals surface area contributed by atoms with Crippen LogP contribution in [0.2, 0.25) is 5.02 Å². The molecule has 1 aromatic heterocycles. The molecule has 0 aliphatic rings. The standard InChI is InChI=1S/C13H14ClNS/c1-8(2)13-15-12(9(3)16-13)10-5-4-6-11(14)7-10/h4-8H,1-3H3. The molecule has 0 spiro atoms. The van der Waals surface area contributed by atoms with E-state index in [0.717, 1.165) is 16.3 Å². The highest BCUT2D eigenvalue weighted by Crippen LogP contribution is 2.31. The lowest BCUT2D eigenvalue weighted by Crippen LogP contribution is -1.86. The summed E-state index contributed by atoms with van der Waals surface area (Å²) < 4.78 is 0. The highest BCUT2D eigenvalue weighted by atomic mass is 35.5. The quantitative estimate of drug-likeness (QED) is 0.740. The molecule has 0 radical (unpaired) electrons. The number of hydrogen-bond acceptors (Lipinski definition) is 2. The fourth-order valence-electron chi connectivity index (χ4n) is 1.57. The summed E-state index contributed by atoms with van der Waals surface area (Å²) in [7, 11) is 0. The SMILES string of the molecule is Cc1sc(C(C)C)nc1-c1cccc(Cl)c1. The highest BCUT2D eigenvalue weighted by molar-refractivity contribution is 7.12. The van der Waals surface area contributed by atoms with Crippen LogP contribution in [0.4, 0.5) is 0 Å². The molecule has 1 aromatic carbocycles. The van der Waals surface area contributed by atoms with Gasteiger partial charge < -0.3 is 0 Å². The summed E-state index contributed by atoms with van der Waals surface area (Å²) in [6.07, 6.45) is 0. The molecular weight excluding hydrogens is 238 g/mol. The van der Waals surface area contributed by atoms with Crippen molar-refractivity contribution in [2.24, 2.45) is 0 Å². The molecule has 1 nitrogen and oxygen atoms in total. The molecule has 84 valence electrons. The van der Waals surface area contributed by atoms with Gasteiger partial charge in [-0.1, -0.05) is 37.6 Å². The van der Waals surface area contributed by atoms with Crippen LogP contribution in [0.5, 0.6) is 0 Å². The van der Waals surface area contributed by atoms with Crippen molar-refractivity contribution in [1.29, 1.82) is 0 Å². The second-order valence-electron chi connectivity index (χ2n) is 4.12. The Hall–Kier alpha value is -0.860. The van der Waals surface area contributed by atoms with Gasteiger partial charge in [-0.3, -0.25) is 0 Å². The second kappa shape index (κ2) is 4.56. The first-order valence-electron chi connectivity index (χ1n) is 5.31. The van der Waals surface area contributed by atoms with Gasteiger partial charge in [0.2, 0.25) is 0 Å². The third-order valence-corrected chi connectivity index (χ3v) is 3.91. The summed E-state index contributed by atoms with van der Waals surface area (Å²) in [4.78, 5) is 5.94. The van der Waals surface area contributed by atoms with Crippen LogP contribution in [0.25, 0.3) is 11.3 Å². The Morgan fingerprint density at radius 3 is 2.62 bits per heavy atom. The molecule has 0 saturated heterocycles. The molecule has 3 heteroatoms. The monoisotopic (exact) mass is 251 g/mol. The average molecular weight is 252 g/mol. The topological polar surface area (TPSA) is 12.9 Å². The minimum absolute atomic E-state index is 0.483. The fraction of sp³-hybridized carbons (Fsp3) is 0.308. The summed E-state index contributed by atoms with van der Waals surface area (Å²) in [5, 5.41) is 1.95. The van der Waals surface area contributed by atoms with E-state index in [1.165, 1.54) is 9.88 Å². The maximum Gasteiger partial charge on any atom is 0.0960 e. The van der Waals surface area contributed by atoms with E-state index in [4.69, 9.17) is 11.6 Å². The number of halogens is 1. The van der Waals surface area contributed by atoms with Gasteiger partial charge in [-0.05, 0) is 19.1 Å². The smallest absolute Gasteiger partial charge is 0.0960 e. The summed E-state index contributed by atoms with van der Waals surface area (Å²) in [6, 6.07) is 7.87. The van der Waals surface area contributed by atoms with Crippen LogP contribution in [0.3, 0.4) is 0 Å². The van der Waals surface area contributed by atoms with Crippen molar-refractivity contribution in [2.75, 3.05) is 0 Å². The molecule has 0 N–H and O–H groups in total. The van der Waals surface area contributed by atoms with Crippen molar-refractivity contribution >= 4 is 22.9 Å². The Kier molecular flexibility index (Phi) is 3.31. The van der Waals surface area contributed by atoms with Crippen molar-refractivity contribution in [3.63, 3.8) is 0 Å². The number of hydrogen-bond donors (Lipinski definition) is 0. The zero-order valence-corrected chi connectivity index (χ0v) is 11.2. The molecule has 0 bridgehead atoms. The molecule has 1 heterocycles. The van der Waals surface area contributed by atoms with Crippen LogP contribution in [0.15, 0.2) is 24.3 Å². The summed E-state index contributed by atoms with van der Waals surface area (Å²) in [6.45, 7) is 6.44. The Labute approximate surface area is 105 Å². The summed E-state index contributed by atoms with van der Waals surface area (Å²) in [5.74, 6) is 0.483. The Bertz CT molecular complexity index is 502. The molecule has 2 aromatic rings. The van der Waals surface area contributed by atoms with Gasteiger partial charge in [0.15, 0.2) is 0 Å². The zero-order chi connectivity index (χ0) is 11.7.